The van der Waals surface area contributed by atoms with E-state index in [1.807, 2.05) is 19.1 Å². The van der Waals surface area contributed by atoms with Gasteiger partial charge in [-0.05, 0) is 90.1 Å². The van der Waals surface area contributed by atoms with E-state index in [-0.39, 0.29) is 12.2 Å². The van der Waals surface area contributed by atoms with Gasteiger partial charge in [0, 0.05) is 10.6 Å². The molecule has 0 aromatic heterocycles. The van der Waals surface area contributed by atoms with E-state index in [9.17, 15) is 4.79 Å². The van der Waals surface area contributed by atoms with Crippen molar-refractivity contribution in [2.75, 3.05) is 6.61 Å². The van der Waals surface area contributed by atoms with Crippen LogP contribution in [0, 0.1) is 11.3 Å². The highest BCUT2D eigenvalue weighted by molar-refractivity contribution is 6.30. The van der Waals surface area contributed by atoms with Gasteiger partial charge >= 0.3 is 6.09 Å². The van der Waals surface area contributed by atoms with E-state index in [0.29, 0.717) is 17.0 Å². The lowest BCUT2D eigenvalue weighted by Gasteiger charge is -2.37. The van der Waals surface area contributed by atoms with Crippen LogP contribution in [0.1, 0.15) is 58.9 Å². The third-order valence-electron chi connectivity index (χ3n) is 7.81. The van der Waals surface area contributed by atoms with E-state index < -0.39 is 5.54 Å². The Bertz CT molecular complexity index is 1240. The molecule has 1 aliphatic heterocycles. The maximum atomic E-state index is 11.7. The number of benzene rings is 3. The van der Waals surface area contributed by atoms with Crippen molar-refractivity contribution in [3.05, 3.63) is 65.2 Å². The van der Waals surface area contributed by atoms with Crippen LogP contribution in [0.3, 0.4) is 0 Å². The van der Waals surface area contributed by atoms with Crippen LogP contribution in [0.15, 0.2) is 54.6 Å². The van der Waals surface area contributed by atoms with Crippen LogP contribution in [0.25, 0.3) is 21.9 Å². The number of hydrogen-bond acceptors (Lipinski definition) is 3. The first-order chi connectivity index (χ1) is 16.6. The van der Waals surface area contributed by atoms with Gasteiger partial charge in [0.2, 0.25) is 0 Å². The number of amides is 1. The lowest BCUT2D eigenvalue weighted by molar-refractivity contribution is 0.0887. The van der Waals surface area contributed by atoms with E-state index in [1.54, 1.807) is 0 Å². The molecular formula is C30H34ClNO3. The van der Waals surface area contributed by atoms with Crippen molar-refractivity contribution in [2.24, 2.45) is 11.3 Å². The van der Waals surface area contributed by atoms with Gasteiger partial charge in [-0.25, -0.2) is 4.79 Å². The Hall–Kier alpha value is -2.72. The third-order valence-corrected chi connectivity index (χ3v) is 8.07. The maximum Gasteiger partial charge on any atom is 0.408 e. The molecule has 1 saturated heterocycles. The highest BCUT2D eigenvalue weighted by Gasteiger charge is 2.37. The fraction of sp³-hybridized carbons (Fsp3) is 0.433. The number of fused-ring (bicyclic) bond motifs is 1. The second-order valence-corrected chi connectivity index (χ2v) is 11.8. The molecule has 35 heavy (non-hydrogen) atoms. The number of hydrogen-bond donors (Lipinski definition) is 1. The van der Waals surface area contributed by atoms with Crippen LogP contribution >= 0.6 is 11.6 Å². The summed E-state index contributed by atoms with van der Waals surface area (Å²) in [5, 5.41) is 5.87. The Morgan fingerprint density at radius 3 is 2.34 bits per heavy atom. The van der Waals surface area contributed by atoms with Crippen LogP contribution in [0.5, 0.6) is 5.75 Å². The third kappa shape index (κ3) is 4.86. The Balaban J connectivity index is 1.51. The van der Waals surface area contributed by atoms with Crippen molar-refractivity contribution in [2.45, 2.75) is 65.0 Å². The molecule has 3 aromatic carbocycles. The monoisotopic (exact) mass is 491 g/mol. The highest BCUT2D eigenvalue weighted by Crippen LogP contribution is 2.43. The first-order valence-corrected chi connectivity index (χ1v) is 12.9. The van der Waals surface area contributed by atoms with Crippen molar-refractivity contribution < 1.29 is 14.3 Å². The summed E-state index contributed by atoms with van der Waals surface area (Å²) >= 11 is 6.21. The van der Waals surface area contributed by atoms with Crippen molar-refractivity contribution in [1.82, 2.24) is 5.32 Å². The largest absolute Gasteiger partial charge is 0.490 e. The zero-order valence-electron chi connectivity index (χ0n) is 21.0. The average molecular weight is 492 g/mol. The number of alkyl carbamates (subject to hydrolysis) is 1. The minimum Gasteiger partial charge on any atom is -0.490 e. The molecule has 2 aliphatic rings. The first kappa shape index (κ1) is 24.0. The molecule has 2 fully saturated rings. The minimum absolute atomic E-state index is 0.223. The molecule has 0 spiro atoms. The quantitative estimate of drug-likeness (QED) is 0.401. The lowest BCUT2D eigenvalue weighted by atomic mass is 9.72. The van der Waals surface area contributed by atoms with Gasteiger partial charge < -0.3 is 14.8 Å². The topological polar surface area (TPSA) is 47.6 Å². The Labute approximate surface area is 213 Å². The van der Waals surface area contributed by atoms with Gasteiger partial charge in [0.1, 0.15) is 12.4 Å². The smallest absolute Gasteiger partial charge is 0.408 e. The summed E-state index contributed by atoms with van der Waals surface area (Å²) in [5.41, 5.74) is 3.00. The van der Waals surface area contributed by atoms with Gasteiger partial charge in [0.15, 0.2) is 0 Å². The fourth-order valence-corrected chi connectivity index (χ4v) is 5.68. The molecular weight excluding hydrogens is 458 g/mol. The van der Waals surface area contributed by atoms with Gasteiger partial charge in [-0.3, -0.25) is 0 Å². The first-order valence-electron chi connectivity index (χ1n) is 12.6. The second-order valence-electron chi connectivity index (χ2n) is 11.4. The van der Waals surface area contributed by atoms with Gasteiger partial charge in [-0.15, -0.1) is 0 Å². The molecule has 1 N–H and O–H groups in total. The van der Waals surface area contributed by atoms with Gasteiger partial charge in [0.05, 0.1) is 11.6 Å². The van der Waals surface area contributed by atoms with Crippen molar-refractivity contribution in [3.8, 4) is 16.9 Å². The van der Waals surface area contributed by atoms with Crippen molar-refractivity contribution >= 4 is 28.5 Å². The van der Waals surface area contributed by atoms with Crippen LogP contribution in [0.4, 0.5) is 4.79 Å². The van der Waals surface area contributed by atoms with Crippen LogP contribution in [0.2, 0.25) is 5.02 Å². The molecule has 1 aliphatic carbocycles. The summed E-state index contributed by atoms with van der Waals surface area (Å²) < 4.78 is 11.9. The molecule has 5 heteroatoms. The van der Waals surface area contributed by atoms with E-state index in [4.69, 9.17) is 21.1 Å². The molecule has 0 bridgehead atoms. The van der Waals surface area contributed by atoms with Crippen LogP contribution in [-0.4, -0.2) is 18.8 Å². The number of rotatable bonds is 4. The Kier molecular flexibility index (Phi) is 6.21. The normalized spacial score (nSPS) is 24.8. The van der Waals surface area contributed by atoms with Crippen LogP contribution in [-0.2, 0) is 10.3 Å². The minimum atomic E-state index is -0.535. The maximum absolute atomic E-state index is 11.7. The summed E-state index contributed by atoms with van der Waals surface area (Å²) in [6.07, 6.45) is 4.41. The number of cyclic esters (lactones) is 1. The molecule has 5 rings (SSSR count). The number of carbonyl (C=O) groups excluding carboxylic acids is 1. The predicted octanol–water partition coefficient (Wildman–Crippen LogP) is 8.10. The fourth-order valence-electron chi connectivity index (χ4n) is 5.55. The lowest BCUT2D eigenvalue weighted by Crippen LogP contribution is -2.37. The van der Waals surface area contributed by atoms with Crippen LogP contribution < -0.4 is 10.1 Å². The number of halogens is 1. The average Bonchev–Trinajstić information content (AvgIpc) is 3.19. The van der Waals surface area contributed by atoms with E-state index in [1.165, 1.54) is 12.8 Å². The summed E-state index contributed by atoms with van der Waals surface area (Å²) in [5.74, 6) is 1.66. The molecule has 0 unspecified atom stereocenters. The van der Waals surface area contributed by atoms with Crippen molar-refractivity contribution in [1.29, 1.82) is 0 Å². The Morgan fingerprint density at radius 2 is 1.71 bits per heavy atom. The zero-order chi connectivity index (χ0) is 24.8. The standard InChI is InChI=1S/C30H34ClNO3/c1-29(2,3)21-8-13-24(14-9-21)35-26-16-7-20-17-22(30(4)18-34-28(33)32-30)10-15-25(20)27(26)19-5-11-23(31)12-6-19/h5-7,10-12,15-17,21,24H,8-9,13-14,18H2,1-4H3,(H,32,33)/t21-,24-,30-/m0/s1. The van der Waals surface area contributed by atoms with Gasteiger partial charge in [-0.2, -0.15) is 0 Å². The molecule has 0 radical (unpaired) electrons. The predicted molar refractivity (Wildman–Crippen MR) is 142 cm³/mol. The zero-order valence-corrected chi connectivity index (χ0v) is 21.7. The van der Waals surface area contributed by atoms with Gasteiger partial charge in [0.25, 0.3) is 0 Å². The molecule has 3 aromatic rings. The second kappa shape index (κ2) is 9.05. The summed E-state index contributed by atoms with van der Waals surface area (Å²) in [4.78, 5) is 11.7. The number of nitrogens with one attached hydrogen (secondary N) is 1. The molecule has 1 amide bonds. The molecule has 4 nitrogen and oxygen atoms in total. The highest BCUT2D eigenvalue weighted by atomic mass is 35.5. The van der Waals surface area contributed by atoms with Gasteiger partial charge in [-0.1, -0.05) is 62.7 Å². The summed E-state index contributed by atoms with van der Waals surface area (Å²) in [7, 11) is 0. The molecule has 1 heterocycles. The molecule has 1 saturated carbocycles. The Morgan fingerprint density at radius 1 is 1.00 bits per heavy atom. The molecule has 184 valence electrons. The summed E-state index contributed by atoms with van der Waals surface area (Å²) in [6, 6.07) is 18.5. The number of carbonyl (C=O) groups is 1. The number of ether oxygens (including phenoxy) is 2. The van der Waals surface area contributed by atoms with Crippen molar-refractivity contribution in [3.63, 3.8) is 0 Å². The molecule has 1 atom stereocenters. The van der Waals surface area contributed by atoms with E-state index >= 15 is 0 Å². The SMILES string of the molecule is CC(C)(C)[C@H]1CC[C@H](Oc2ccc3cc([C@]4(C)COC(=O)N4)ccc3c2-c2ccc(Cl)cc2)CC1. The summed E-state index contributed by atoms with van der Waals surface area (Å²) in [6.45, 7) is 9.35. The van der Waals surface area contributed by atoms with E-state index in [0.717, 1.165) is 52.0 Å². The van der Waals surface area contributed by atoms with E-state index in [2.05, 4.69) is 68.6 Å².